The average molecular weight is 283 g/mol. The summed E-state index contributed by atoms with van der Waals surface area (Å²) in [4.78, 5) is 2.37. The normalized spacial score (nSPS) is 12.1. The van der Waals surface area contributed by atoms with Gasteiger partial charge in [0.15, 0.2) is 0 Å². The molecule has 2 rings (SSSR count). The van der Waals surface area contributed by atoms with Gasteiger partial charge in [-0.15, -0.1) is 0 Å². The van der Waals surface area contributed by atoms with Crippen LogP contribution in [0.25, 0.3) is 0 Å². The zero-order valence-electron chi connectivity index (χ0n) is 13.0. The maximum Gasteiger partial charge on any atom is 0.0751 e. The van der Waals surface area contributed by atoms with Crippen LogP contribution < -0.4 is 4.90 Å². The minimum Gasteiger partial charge on any atom is -0.372 e. The number of anilines is 1. The van der Waals surface area contributed by atoms with Gasteiger partial charge in [0.2, 0.25) is 0 Å². The summed E-state index contributed by atoms with van der Waals surface area (Å²) in [7, 11) is 0. The van der Waals surface area contributed by atoms with Gasteiger partial charge >= 0.3 is 0 Å². The van der Waals surface area contributed by atoms with E-state index in [0.717, 1.165) is 19.5 Å². The summed E-state index contributed by atoms with van der Waals surface area (Å²) in [5, 5.41) is 0. The Labute approximate surface area is 128 Å². The second-order valence-electron chi connectivity index (χ2n) is 5.20. The molecule has 0 aliphatic heterocycles. The van der Waals surface area contributed by atoms with Crippen LogP contribution in [-0.4, -0.2) is 19.2 Å². The van der Waals surface area contributed by atoms with E-state index in [1.807, 2.05) is 6.07 Å². The molecule has 0 radical (unpaired) electrons. The fraction of sp³-hybridized carbons (Fsp3) is 0.368. The van der Waals surface area contributed by atoms with E-state index in [1.165, 1.54) is 11.3 Å². The molecule has 0 saturated heterocycles. The quantitative estimate of drug-likeness (QED) is 0.707. The van der Waals surface area contributed by atoms with Gasteiger partial charge in [0.25, 0.3) is 0 Å². The van der Waals surface area contributed by atoms with Crippen molar-refractivity contribution in [3.63, 3.8) is 0 Å². The molecule has 0 spiro atoms. The van der Waals surface area contributed by atoms with Crippen molar-refractivity contribution < 1.29 is 4.74 Å². The maximum atomic E-state index is 6.09. The first-order valence-corrected chi connectivity index (χ1v) is 7.79. The highest BCUT2D eigenvalue weighted by Gasteiger charge is 2.12. The molecule has 0 aromatic heterocycles. The van der Waals surface area contributed by atoms with Crippen molar-refractivity contribution >= 4 is 5.69 Å². The first-order chi connectivity index (χ1) is 10.3. The van der Waals surface area contributed by atoms with E-state index in [1.54, 1.807) is 0 Å². The van der Waals surface area contributed by atoms with Gasteiger partial charge in [-0.2, -0.15) is 0 Å². The summed E-state index contributed by atoms with van der Waals surface area (Å²) in [6.45, 7) is 7.00. The molecule has 1 atom stereocenters. The summed E-state index contributed by atoms with van der Waals surface area (Å²) >= 11 is 0. The average Bonchev–Trinajstić information content (AvgIpc) is 2.57. The Morgan fingerprint density at radius 3 is 2.10 bits per heavy atom. The van der Waals surface area contributed by atoms with Crippen LogP contribution in [0.5, 0.6) is 0 Å². The minimum atomic E-state index is 0.255. The predicted molar refractivity (Wildman–Crippen MR) is 89.6 cm³/mol. The Morgan fingerprint density at radius 2 is 1.52 bits per heavy atom. The van der Waals surface area contributed by atoms with Gasteiger partial charge in [0.1, 0.15) is 0 Å². The number of nitrogens with zero attached hydrogens (tertiary/aromatic N) is 1. The van der Waals surface area contributed by atoms with Crippen molar-refractivity contribution in [3.8, 4) is 0 Å². The molecule has 0 aliphatic carbocycles. The van der Waals surface area contributed by atoms with E-state index in [2.05, 4.69) is 73.3 Å². The van der Waals surface area contributed by atoms with E-state index in [4.69, 9.17) is 4.74 Å². The number of benzene rings is 2. The van der Waals surface area contributed by atoms with Crippen LogP contribution in [0, 0.1) is 0 Å². The molecule has 0 bridgehead atoms. The van der Waals surface area contributed by atoms with Crippen LogP contribution >= 0.6 is 0 Å². The monoisotopic (exact) mass is 283 g/mol. The summed E-state index contributed by atoms with van der Waals surface area (Å²) in [6, 6.07) is 20.9. The molecule has 2 aromatic carbocycles. The second-order valence-corrected chi connectivity index (χ2v) is 5.20. The zero-order valence-corrected chi connectivity index (χ0v) is 13.0. The molecule has 0 saturated carbocycles. The molecular formula is C19H25NO. The molecule has 2 nitrogen and oxygen atoms in total. The molecule has 2 aromatic rings. The second kappa shape index (κ2) is 8.48. The van der Waals surface area contributed by atoms with Gasteiger partial charge in [0.05, 0.1) is 12.7 Å². The highest BCUT2D eigenvalue weighted by Crippen LogP contribution is 2.15. The molecule has 0 aliphatic rings. The molecule has 0 N–H and O–H groups in total. The number of hydrogen-bond acceptors (Lipinski definition) is 2. The van der Waals surface area contributed by atoms with E-state index >= 15 is 0 Å². The van der Waals surface area contributed by atoms with Gasteiger partial charge < -0.3 is 9.64 Å². The van der Waals surface area contributed by atoms with Crippen LogP contribution in [0.3, 0.4) is 0 Å². The summed E-state index contributed by atoms with van der Waals surface area (Å²) in [6.07, 6.45) is 1.28. The Kier molecular flexibility index (Phi) is 6.29. The molecule has 112 valence electrons. The number of hydrogen-bond donors (Lipinski definition) is 0. The summed E-state index contributed by atoms with van der Waals surface area (Å²) in [5.41, 5.74) is 2.50. The lowest BCUT2D eigenvalue weighted by molar-refractivity contribution is 0.0429. The maximum absolute atomic E-state index is 6.09. The fourth-order valence-electron chi connectivity index (χ4n) is 2.39. The zero-order chi connectivity index (χ0) is 14.9. The third-order valence-corrected chi connectivity index (χ3v) is 3.71. The molecule has 0 heterocycles. The largest absolute Gasteiger partial charge is 0.372 e. The van der Waals surface area contributed by atoms with Crippen molar-refractivity contribution in [1.29, 1.82) is 0 Å². The predicted octanol–water partition coefficient (Wildman–Crippen LogP) is 4.51. The lowest BCUT2D eigenvalue weighted by Gasteiger charge is -2.28. The number of ether oxygens (including phenoxy) is 1. The third kappa shape index (κ3) is 4.91. The Bertz CT molecular complexity index is 497. The molecule has 2 heteroatoms. The van der Waals surface area contributed by atoms with Gasteiger partial charge in [-0.3, -0.25) is 0 Å². The van der Waals surface area contributed by atoms with Crippen LogP contribution in [0.15, 0.2) is 60.7 Å². The third-order valence-electron chi connectivity index (χ3n) is 3.71. The summed E-state index contributed by atoms with van der Waals surface area (Å²) < 4.78 is 6.09. The van der Waals surface area contributed by atoms with Gasteiger partial charge in [0, 0.05) is 18.8 Å². The van der Waals surface area contributed by atoms with Crippen LogP contribution in [-0.2, 0) is 11.3 Å². The minimum absolute atomic E-state index is 0.255. The van der Waals surface area contributed by atoms with Crippen molar-refractivity contribution in [2.45, 2.75) is 33.0 Å². The smallest absolute Gasteiger partial charge is 0.0751 e. The first-order valence-electron chi connectivity index (χ1n) is 7.79. The number of para-hydroxylation sites is 1. The summed E-state index contributed by atoms with van der Waals surface area (Å²) in [5.74, 6) is 0. The van der Waals surface area contributed by atoms with Gasteiger partial charge in [-0.05, 0) is 31.0 Å². The van der Waals surface area contributed by atoms with Gasteiger partial charge in [-0.25, -0.2) is 0 Å². The van der Waals surface area contributed by atoms with Crippen LogP contribution in [0.1, 0.15) is 25.8 Å². The Morgan fingerprint density at radius 1 is 0.905 bits per heavy atom. The molecule has 21 heavy (non-hydrogen) atoms. The van der Waals surface area contributed by atoms with E-state index < -0.39 is 0 Å². The Hall–Kier alpha value is -1.80. The standard InChI is InChI=1S/C19H25NO/c1-3-19(21-16-17-11-7-5-8-12-17)15-20(4-2)18-13-9-6-10-14-18/h5-14,19H,3-4,15-16H2,1-2H3. The van der Waals surface area contributed by atoms with Crippen molar-refractivity contribution in [3.05, 3.63) is 66.2 Å². The SMILES string of the molecule is CCC(CN(CC)c1ccccc1)OCc1ccccc1. The lowest BCUT2D eigenvalue weighted by atomic mass is 10.2. The molecule has 1 unspecified atom stereocenters. The first kappa shape index (κ1) is 15.6. The molecule has 0 fully saturated rings. The fourth-order valence-corrected chi connectivity index (χ4v) is 2.39. The van der Waals surface area contributed by atoms with E-state index in [-0.39, 0.29) is 6.10 Å². The number of likely N-dealkylation sites (N-methyl/N-ethyl adjacent to an activating group) is 1. The molecular weight excluding hydrogens is 258 g/mol. The molecule has 0 amide bonds. The van der Waals surface area contributed by atoms with Crippen molar-refractivity contribution in [1.82, 2.24) is 0 Å². The van der Waals surface area contributed by atoms with E-state index in [0.29, 0.717) is 6.61 Å². The van der Waals surface area contributed by atoms with Crippen LogP contribution in [0.2, 0.25) is 0 Å². The number of rotatable bonds is 8. The van der Waals surface area contributed by atoms with Crippen molar-refractivity contribution in [2.75, 3.05) is 18.0 Å². The Balaban J connectivity index is 1.91. The lowest BCUT2D eigenvalue weighted by Crippen LogP contribution is -2.33. The van der Waals surface area contributed by atoms with Crippen LogP contribution in [0.4, 0.5) is 5.69 Å². The highest BCUT2D eigenvalue weighted by atomic mass is 16.5. The van der Waals surface area contributed by atoms with Crippen molar-refractivity contribution in [2.24, 2.45) is 0 Å². The van der Waals surface area contributed by atoms with E-state index in [9.17, 15) is 0 Å². The van der Waals surface area contributed by atoms with Gasteiger partial charge in [-0.1, -0.05) is 55.5 Å². The highest BCUT2D eigenvalue weighted by molar-refractivity contribution is 5.45. The topological polar surface area (TPSA) is 12.5 Å².